The highest BCUT2D eigenvalue weighted by Gasteiger charge is 2.64. The molecule has 0 saturated heterocycles. The van der Waals surface area contributed by atoms with Crippen LogP contribution in [0, 0.1) is 11.6 Å². The van der Waals surface area contributed by atoms with Gasteiger partial charge in [0.15, 0.2) is 9.84 Å². The van der Waals surface area contributed by atoms with Gasteiger partial charge in [0, 0.05) is 16.1 Å². The van der Waals surface area contributed by atoms with E-state index in [2.05, 4.69) is 0 Å². The van der Waals surface area contributed by atoms with Crippen LogP contribution >= 0.6 is 11.6 Å². The van der Waals surface area contributed by atoms with E-state index in [0.29, 0.717) is 12.1 Å². The van der Waals surface area contributed by atoms with Crippen molar-refractivity contribution in [3.63, 3.8) is 0 Å². The van der Waals surface area contributed by atoms with Crippen molar-refractivity contribution in [2.45, 2.75) is 40.5 Å². The molecule has 0 heterocycles. The second-order valence-corrected chi connectivity index (χ2v) is 11.9. The molecule has 0 aliphatic heterocycles. The number of sulfonamides is 1. The van der Waals surface area contributed by atoms with Gasteiger partial charge in [-0.2, -0.15) is 13.2 Å². The highest BCUT2D eigenvalue weighted by molar-refractivity contribution is 7.92. The van der Waals surface area contributed by atoms with Crippen LogP contribution in [-0.4, -0.2) is 27.9 Å². The fraction of sp³-hybridized carbons (Fsp3) is 0.333. The van der Waals surface area contributed by atoms with Gasteiger partial charge in [-0.25, -0.2) is 30.3 Å². The van der Waals surface area contributed by atoms with E-state index in [9.17, 15) is 38.8 Å². The number of hydrogen-bond acceptors (Lipinski definition) is 4. The monoisotopic (exact) mass is 503 g/mol. The van der Waals surface area contributed by atoms with Crippen molar-refractivity contribution < 1.29 is 38.8 Å². The lowest BCUT2D eigenvalue weighted by Crippen LogP contribution is -2.66. The van der Waals surface area contributed by atoms with E-state index in [1.54, 1.807) is 0 Å². The Balaban J connectivity index is 2.13. The Labute approximate surface area is 180 Å². The Morgan fingerprint density at radius 3 is 2.03 bits per heavy atom. The summed E-state index contributed by atoms with van der Waals surface area (Å²) in [5.74, 6) is -2.06. The van der Waals surface area contributed by atoms with Gasteiger partial charge in [0.2, 0.25) is 0 Å². The second kappa shape index (κ2) is 7.39. The van der Waals surface area contributed by atoms with Gasteiger partial charge >= 0.3 is 15.5 Å². The topological polar surface area (TPSA) is 80.3 Å². The maximum Gasteiger partial charge on any atom is 0.511 e. The number of benzene rings is 2. The first-order valence-corrected chi connectivity index (χ1v) is 11.9. The van der Waals surface area contributed by atoms with Crippen LogP contribution in [0.5, 0.6) is 0 Å². The molecule has 1 aliphatic carbocycles. The van der Waals surface area contributed by atoms with Gasteiger partial charge in [0.1, 0.15) is 16.4 Å². The molecule has 1 N–H and O–H groups in total. The van der Waals surface area contributed by atoms with Crippen LogP contribution in [-0.2, 0) is 24.6 Å². The van der Waals surface area contributed by atoms with Gasteiger partial charge in [-0.3, -0.25) is 0 Å². The van der Waals surface area contributed by atoms with Crippen molar-refractivity contribution in [3.05, 3.63) is 64.7 Å². The number of rotatable bonds is 5. The molecule has 13 heteroatoms. The third-order valence-corrected chi connectivity index (χ3v) is 9.15. The Hall–Kier alpha value is -1.76. The van der Waals surface area contributed by atoms with Crippen LogP contribution in [0.3, 0.4) is 0 Å². The summed E-state index contributed by atoms with van der Waals surface area (Å²) >= 11 is 5.76. The van der Waals surface area contributed by atoms with Crippen molar-refractivity contribution >= 4 is 31.5 Å². The quantitative estimate of drug-likeness (QED) is 0.618. The summed E-state index contributed by atoms with van der Waals surface area (Å²) in [7, 11) is -10.3. The average molecular weight is 504 g/mol. The van der Waals surface area contributed by atoms with Gasteiger partial charge in [-0.1, -0.05) is 11.6 Å². The second-order valence-electron chi connectivity index (χ2n) is 7.54. The minimum atomic E-state index is -5.81. The average Bonchev–Trinajstić information content (AvgIpc) is 2.60. The van der Waals surface area contributed by atoms with E-state index in [-0.39, 0.29) is 9.92 Å². The largest absolute Gasteiger partial charge is 0.511 e. The third kappa shape index (κ3) is 4.06. The maximum atomic E-state index is 14.6. The standard InChI is InChI=1S/C18H15ClF5NO4S2/c1-16(25-31(28,29)18(22,23)24)9-17(10-16,14-8-12(20)4-7-15(14)21)30(26,27)13-5-2-11(19)3-6-13/h2-8,25H,9-10H2,1H3/t16-,17-. The molecule has 0 bridgehead atoms. The first kappa shape index (κ1) is 23.9. The molecule has 0 radical (unpaired) electrons. The van der Waals surface area contributed by atoms with Gasteiger partial charge < -0.3 is 0 Å². The fourth-order valence-corrected chi connectivity index (χ4v) is 7.32. The Morgan fingerprint density at radius 2 is 1.52 bits per heavy atom. The Bertz CT molecular complexity index is 1220. The predicted molar refractivity (Wildman–Crippen MR) is 102 cm³/mol. The van der Waals surface area contributed by atoms with Gasteiger partial charge in [0.05, 0.1) is 4.90 Å². The van der Waals surface area contributed by atoms with Gasteiger partial charge in [-0.05, 0) is 62.2 Å². The van der Waals surface area contributed by atoms with E-state index in [1.807, 2.05) is 0 Å². The summed E-state index contributed by atoms with van der Waals surface area (Å²) in [5, 5.41) is 0.196. The molecular weight excluding hydrogens is 489 g/mol. The fourth-order valence-electron chi connectivity index (χ4n) is 3.87. The molecular formula is C18H15ClF5NO4S2. The van der Waals surface area contributed by atoms with Crippen molar-refractivity contribution in [2.75, 3.05) is 0 Å². The Kier molecular flexibility index (Phi) is 5.70. The zero-order valence-corrected chi connectivity index (χ0v) is 18.1. The summed E-state index contributed by atoms with van der Waals surface area (Å²) < 4.78 is 116. The van der Waals surface area contributed by atoms with Crippen LogP contribution in [0.25, 0.3) is 0 Å². The van der Waals surface area contributed by atoms with Crippen LogP contribution in [0.15, 0.2) is 47.4 Å². The number of alkyl halides is 3. The lowest BCUT2D eigenvalue weighted by atomic mass is 9.66. The van der Waals surface area contributed by atoms with E-state index in [0.717, 1.165) is 25.1 Å². The molecule has 2 aromatic rings. The number of nitrogens with one attached hydrogen (secondary N) is 1. The molecule has 0 atom stereocenters. The Morgan fingerprint density at radius 1 is 0.968 bits per heavy atom. The maximum absolute atomic E-state index is 14.6. The lowest BCUT2D eigenvalue weighted by Gasteiger charge is -2.53. The number of halogens is 6. The van der Waals surface area contributed by atoms with E-state index >= 15 is 0 Å². The third-order valence-electron chi connectivity index (χ3n) is 5.09. The molecule has 1 aliphatic rings. The van der Waals surface area contributed by atoms with E-state index in [4.69, 9.17) is 11.6 Å². The summed E-state index contributed by atoms with van der Waals surface area (Å²) in [4.78, 5) is -0.332. The zero-order valence-electron chi connectivity index (χ0n) is 15.7. The summed E-state index contributed by atoms with van der Waals surface area (Å²) in [6.45, 7) is 1.06. The minimum absolute atomic E-state index is 0.196. The molecule has 3 rings (SSSR count). The summed E-state index contributed by atoms with van der Waals surface area (Å²) in [6, 6.07) is 6.81. The van der Waals surface area contributed by atoms with Crippen molar-refractivity contribution in [2.24, 2.45) is 0 Å². The zero-order chi connectivity index (χ0) is 23.5. The molecule has 170 valence electrons. The minimum Gasteiger partial charge on any atom is -0.223 e. The molecule has 1 saturated carbocycles. The van der Waals surface area contributed by atoms with Crippen molar-refractivity contribution in [1.82, 2.24) is 4.72 Å². The SMILES string of the molecule is C[C@]1(NS(=O)(=O)C(F)(F)F)C[C@](c2cc(F)ccc2F)(S(=O)(=O)c2ccc(Cl)cc2)C1. The van der Waals surface area contributed by atoms with Gasteiger partial charge in [-0.15, -0.1) is 0 Å². The molecule has 0 aromatic heterocycles. The first-order chi connectivity index (χ1) is 14.0. The van der Waals surface area contributed by atoms with Crippen LogP contribution in [0.2, 0.25) is 5.02 Å². The lowest BCUT2D eigenvalue weighted by molar-refractivity contribution is -0.0466. The van der Waals surface area contributed by atoms with Crippen molar-refractivity contribution in [3.8, 4) is 0 Å². The summed E-state index contributed by atoms with van der Waals surface area (Å²) in [6.07, 6.45) is -1.53. The van der Waals surface area contributed by atoms with Crippen molar-refractivity contribution in [1.29, 1.82) is 0 Å². The molecule has 0 unspecified atom stereocenters. The van der Waals surface area contributed by atoms with Crippen LogP contribution < -0.4 is 4.72 Å². The van der Waals surface area contributed by atoms with Gasteiger partial charge in [0.25, 0.3) is 0 Å². The highest BCUT2D eigenvalue weighted by atomic mass is 35.5. The normalized spacial score (nSPS) is 24.6. The smallest absolute Gasteiger partial charge is 0.223 e. The summed E-state index contributed by atoms with van der Waals surface area (Å²) in [5.41, 5.74) is -8.12. The molecule has 1 fully saturated rings. The number of hydrogen-bond donors (Lipinski definition) is 1. The number of sulfone groups is 1. The van der Waals surface area contributed by atoms with E-state index < -0.39 is 65.7 Å². The molecule has 0 amide bonds. The predicted octanol–water partition coefficient (Wildman–Crippen LogP) is 4.28. The molecule has 2 aromatic carbocycles. The first-order valence-electron chi connectivity index (χ1n) is 8.59. The van der Waals surface area contributed by atoms with Crippen LogP contribution in [0.1, 0.15) is 25.3 Å². The van der Waals surface area contributed by atoms with Crippen LogP contribution in [0.4, 0.5) is 22.0 Å². The highest BCUT2D eigenvalue weighted by Crippen LogP contribution is 2.57. The van der Waals surface area contributed by atoms with E-state index in [1.165, 1.54) is 16.9 Å². The molecule has 5 nitrogen and oxygen atoms in total. The molecule has 0 spiro atoms. The molecule has 31 heavy (non-hydrogen) atoms.